The van der Waals surface area contributed by atoms with Crippen LogP contribution in [0.5, 0.6) is 0 Å². The van der Waals surface area contributed by atoms with Crippen molar-refractivity contribution in [1.82, 2.24) is 24.4 Å². The summed E-state index contributed by atoms with van der Waals surface area (Å²) in [5.41, 5.74) is 0.359. The van der Waals surface area contributed by atoms with Gasteiger partial charge in [0, 0.05) is 38.0 Å². The molecule has 1 amide bonds. The molecule has 3 rings (SSSR count). The van der Waals surface area contributed by atoms with Gasteiger partial charge in [-0.25, -0.2) is 9.97 Å². The maximum Gasteiger partial charge on any atom is 0.251 e. The standard InChI is InChI=1S/C15H19N5O3/c1-11-17-12(8-14(21)18-11)13-9-20(6-7-23-13)15(22)2-4-19-5-3-16-10-19/h3,5,8,10,13H,2,4,6-7,9H2,1H3,(H,17,18,21)/t13-/m1/s1. The minimum atomic E-state index is -0.359. The highest BCUT2D eigenvalue weighted by Crippen LogP contribution is 2.20. The molecule has 122 valence electrons. The number of carbonyl (C=O) groups excluding carboxylic acids is 1. The Hall–Kier alpha value is -2.48. The average Bonchev–Trinajstić information content (AvgIpc) is 3.05. The van der Waals surface area contributed by atoms with Crippen molar-refractivity contribution in [2.75, 3.05) is 19.7 Å². The number of morpholine rings is 1. The van der Waals surface area contributed by atoms with Crippen LogP contribution in [-0.4, -0.2) is 50.0 Å². The number of imidazole rings is 1. The van der Waals surface area contributed by atoms with Crippen LogP contribution in [0.3, 0.4) is 0 Å². The fraction of sp³-hybridized carbons (Fsp3) is 0.467. The third-order valence-electron chi connectivity index (χ3n) is 3.77. The number of nitrogens with one attached hydrogen (secondary N) is 1. The number of rotatable bonds is 4. The van der Waals surface area contributed by atoms with E-state index in [-0.39, 0.29) is 17.6 Å². The molecule has 8 nitrogen and oxygen atoms in total. The van der Waals surface area contributed by atoms with Crippen LogP contribution in [0.1, 0.15) is 24.0 Å². The van der Waals surface area contributed by atoms with Crippen LogP contribution < -0.4 is 5.56 Å². The molecular weight excluding hydrogens is 298 g/mol. The lowest BCUT2D eigenvalue weighted by Crippen LogP contribution is -2.43. The van der Waals surface area contributed by atoms with E-state index in [0.717, 1.165) is 0 Å². The van der Waals surface area contributed by atoms with Gasteiger partial charge in [0.25, 0.3) is 5.56 Å². The number of ether oxygens (including phenoxy) is 1. The second kappa shape index (κ2) is 6.74. The van der Waals surface area contributed by atoms with Crippen molar-refractivity contribution in [3.8, 4) is 0 Å². The molecule has 1 N–H and O–H groups in total. The van der Waals surface area contributed by atoms with Gasteiger partial charge < -0.3 is 19.2 Å². The lowest BCUT2D eigenvalue weighted by Gasteiger charge is -2.32. The fourth-order valence-electron chi connectivity index (χ4n) is 2.62. The summed E-state index contributed by atoms with van der Waals surface area (Å²) in [6.45, 7) is 3.74. The van der Waals surface area contributed by atoms with Gasteiger partial charge in [-0.1, -0.05) is 0 Å². The van der Waals surface area contributed by atoms with Crippen molar-refractivity contribution in [3.63, 3.8) is 0 Å². The summed E-state index contributed by atoms with van der Waals surface area (Å²) < 4.78 is 7.55. The maximum atomic E-state index is 12.4. The summed E-state index contributed by atoms with van der Waals surface area (Å²) in [4.78, 5) is 36.6. The maximum absolute atomic E-state index is 12.4. The van der Waals surface area contributed by atoms with E-state index in [4.69, 9.17) is 4.74 Å². The van der Waals surface area contributed by atoms with E-state index in [1.54, 1.807) is 24.3 Å². The smallest absolute Gasteiger partial charge is 0.251 e. The molecule has 2 aromatic rings. The zero-order valence-electron chi connectivity index (χ0n) is 12.9. The lowest BCUT2D eigenvalue weighted by atomic mass is 10.2. The second-order valence-electron chi connectivity index (χ2n) is 5.51. The molecule has 0 spiro atoms. The third-order valence-corrected chi connectivity index (χ3v) is 3.77. The van der Waals surface area contributed by atoms with E-state index in [1.165, 1.54) is 6.07 Å². The van der Waals surface area contributed by atoms with Crippen LogP contribution in [-0.2, 0) is 16.1 Å². The van der Waals surface area contributed by atoms with Crippen molar-refractivity contribution in [3.05, 3.63) is 46.7 Å². The number of nitrogens with zero attached hydrogens (tertiary/aromatic N) is 4. The molecule has 0 aromatic carbocycles. The molecule has 0 saturated carbocycles. The molecule has 0 radical (unpaired) electrons. The molecular formula is C15H19N5O3. The zero-order chi connectivity index (χ0) is 16.2. The van der Waals surface area contributed by atoms with Crippen LogP contribution in [0.25, 0.3) is 0 Å². The van der Waals surface area contributed by atoms with Gasteiger partial charge in [0.1, 0.15) is 11.9 Å². The molecule has 0 unspecified atom stereocenters. The number of amides is 1. The predicted octanol–water partition coefficient (Wildman–Crippen LogP) is 0.265. The van der Waals surface area contributed by atoms with Crippen LogP contribution in [0.4, 0.5) is 0 Å². The first-order valence-electron chi connectivity index (χ1n) is 7.55. The van der Waals surface area contributed by atoms with Crippen LogP contribution in [0.15, 0.2) is 29.6 Å². The molecule has 2 aromatic heterocycles. The molecule has 1 aliphatic rings. The Kier molecular flexibility index (Phi) is 4.52. The van der Waals surface area contributed by atoms with Gasteiger partial charge in [0.15, 0.2) is 0 Å². The van der Waals surface area contributed by atoms with Crippen molar-refractivity contribution in [2.45, 2.75) is 26.0 Å². The Morgan fingerprint density at radius 2 is 2.39 bits per heavy atom. The zero-order valence-corrected chi connectivity index (χ0v) is 12.9. The molecule has 23 heavy (non-hydrogen) atoms. The van der Waals surface area contributed by atoms with Crippen LogP contribution in [0.2, 0.25) is 0 Å². The van der Waals surface area contributed by atoms with Crippen LogP contribution in [0, 0.1) is 6.92 Å². The number of aryl methyl sites for hydroxylation is 2. The topological polar surface area (TPSA) is 93.1 Å². The average molecular weight is 317 g/mol. The first-order valence-corrected chi connectivity index (χ1v) is 7.55. The number of aromatic nitrogens is 4. The Morgan fingerprint density at radius 3 is 3.13 bits per heavy atom. The predicted molar refractivity (Wildman–Crippen MR) is 81.7 cm³/mol. The van der Waals surface area contributed by atoms with Gasteiger partial charge in [-0.2, -0.15) is 0 Å². The number of carbonyl (C=O) groups is 1. The van der Waals surface area contributed by atoms with E-state index in [1.807, 2.05) is 10.8 Å². The normalized spacial score (nSPS) is 18.1. The quantitative estimate of drug-likeness (QED) is 0.873. The molecule has 3 heterocycles. The van der Waals surface area contributed by atoms with Crippen molar-refractivity contribution >= 4 is 5.91 Å². The van der Waals surface area contributed by atoms with Gasteiger partial charge in [0.2, 0.25) is 5.91 Å². The van der Waals surface area contributed by atoms with Crippen molar-refractivity contribution in [1.29, 1.82) is 0 Å². The number of hydrogen-bond acceptors (Lipinski definition) is 5. The summed E-state index contributed by atoms with van der Waals surface area (Å²) in [6, 6.07) is 1.43. The highest BCUT2D eigenvalue weighted by Gasteiger charge is 2.26. The molecule has 8 heteroatoms. The minimum Gasteiger partial charge on any atom is -0.368 e. The van der Waals surface area contributed by atoms with Crippen LogP contribution >= 0.6 is 0 Å². The Balaban J connectivity index is 1.63. The largest absolute Gasteiger partial charge is 0.368 e. The first-order chi connectivity index (χ1) is 11.1. The monoisotopic (exact) mass is 317 g/mol. The first kappa shape index (κ1) is 15.4. The van der Waals surface area contributed by atoms with Crippen molar-refractivity contribution < 1.29 is 9.53 Å². The summed E-state index contributed by atoms with van der Waals surface area (Å²) in [5.74, 6) is 0.605. The number of H-pyrrole nitrogens is 1. The van der Waals surface area contributed by atoms with Crippen molar-refractivity contribution in [2.24, 2.45) is 0 Å². The SMILES string of the molecule is Cc1nc([C@H]2CN(C(=O)CCn3ccnc3)CCO2)cc(=O)[nH]1. The third kappa shape index (κ3) is 3.84. The Morgan fingerprint density at radius 1 is 1.52 bits per heavy atom. The second-order valence-corrected chi connectivity index (χ2v) is 5.51. The summed E-state index contributed by atoms with van der Waals surface area (Å²) in [5, 5.41) is 0. The minimum absolute atomic E-state index is 0.0635. The van der Waals surface area contributed by atoms with E-state index < -0.39 is 0 Å². The molecule has 1 fully saturated rings. The van der Waals surface area contributed by atoms with E-state index in [0.29, 0.717) is 44.2 Å². The lowest BCUT2D eigenvalue weighted by molar-refractivity contribution is -0.139. The van der Waals surface area contributed by atoms with Gasteiger partial charge in [-0.15, -0.1) is 0 Å². The molecule has 0 aliphatic carbocycles. The highest BCUT2D eigenvalue weighted by molar-refractivity contribution is 5.76. The Labute approximate surface area is 133 Å². The Bertz CT molecular complexity index is 725. The highest BCUT2D eigenvalue weighted by atomic mass is 16.5. The molecule has 1 aliphatic heterocycles. The molecule has 1 atom stereocenters. The van der Waals surface area contributed by atoms with E-state index >= 15 is 0 Å². The fourth-order valence-corrected chi connectivity index (χ4v) is 2.62. The van der Waals surface area contributed by atoms with Gasteiger partial charge >= 0.3 is 0 Å². The van der Waals surface area contributed by atoms with E-state index in [9.17, 15) is 9.59 Å². The van der Waals surface area contributed by atoms with Gasteiger partial charge in [-0.3, -0.25) is 9.59 Å². The number of hydrogen-bond donors (Lipinski definition) is 1. The molecule has 0 bridgehead atoms. The van der Waals surface area contributed by atoms with Gasteiger partial charge in [-0.05, 0) is 6.92 Å². The number of aromatic amines is 1. The van der Waals surface area contributed by atoms with Gasteiger partial charge in [0.05, 0.1) is 25.2 Å². The summed E-state index contributed by atoms with van der Waals surface area (Å²) in [6.07, 6.45) is 5.26. The molecule has 1 saturated heterocycles. The summed E-state index contributed by atoms with van der Waals surface area (Å²) >= 11 is 0. The summed E-state index contributed by atoms with van der Waals surface area (Å²) in [7, 11) is 0. The van der Waals surface area contributed by atoms with E-state index in [2.05, 4.69) is 15.0 Å².